The lowest BCUT2D eigenvalue weighted by Crippen LogP contribution is -2.41. The van der Waals surface area contributed by atoms with Crippen molar-refractivity contribution in [2.75, 3.05) is 11.1 Å². The zero-order valence-corrected chi connectivity index (χ0v) is 17.4. The number of nitrogens with one attached hydrogen (secondary N) is 2. The summed E-state index contributed by atoms with van der Waals surface area (Å²) >= 11 is 2.75. The van der Waals surface area contributed by atoms with Crippen LogP contribution in [0.4, 0.5) is 5.13 Å². The third-order valence-corrected chi connectivity index (χ3v) is 6.99. The zero-order chi connectivity index (χ0) is 19.1. The molecule has 9 heteroatoms. The van der Waals surface area contributed by atoms with Crippen molar-refractivity contribution in [3.05, 3.63) is 0 Å². The highest BCUT2D eigenvalue weighted by atomic mass is 32.2. The fourth-order valence-electron chi connectivity index (χ4n) is 3.54. The highest BCUT2D eigenvalue weighted by Gasteiger charge is 2.23. The molecule has 150 valence electrons. The number of carbonyl (C=O) groups excluding carboxylic acids is 2. The van der Waals surface area contributed by atoms with E-state index in [9.17, 15) is 9.59 Å². The van der Waals surface area contributed by atoms with Gasteiger partial charge in [-0.25, -0.2) is 0 Å². The smallest absolute Gasteiger partial charge is 0.317 e. The van der Waals surface area contributed by atoms with Crippen molar-refractivity contribution in [1.82, 2.24) is 15.5 Å². The van der Waals surface area contributed by atoms with E-state index in [-0.39, 0.29) is 17.7 Å². The second-order valence-corrected chi connectivity index (χ2v) is 9.46. The van der Waals surface area contributed by atoms with E-state index in [0.29, 0.717) is 6.04 Å². The van der Waals surface area contributed by atoms with Crippen molar-refractivity contribution in [3.63, 3.8) is 0 Å². The van der Waals surface area contributed by atoms with E-state index in [4.69, 9.17) is 4.74 Å². The molecule has 2 N–H and O–H groups in total. The number of ether oxygens (including phenoxy) is 1. The first-order valence-corrected chi connectivity index (χ1v) is 11.6. The molecule has 2 saturated carbocycles. The lowest BCUT2D eigenvalue weighted by molar-refractivity contribution is -0.152. The van der Waals surface area contributed by atoms with Crippen molar-refractivity contribution in [2.45, 2.75) is 87.2 Å². The van der Waals surface area contributed by atoms with Crippen LogP contribution in [0.5, 0.6) is 0 Å². The Morgan fingerprint density at radius 2 is 1.78 bits per heavy atom. The van der Waals surface area contributed by atoms with Gasteiger partial charge in [0.25, 0.3) is 5.91 Å². The van der Waals surface area contributed by atoms with Gasteiger partial charge in [0.05, 0.1) is 5.75 Å². The van der Waals surface area contributed by atoms with Crippen LogP contribution in [0, 0.1) is 0 Å². The maximum Gasteiger partial charge on any atom is 0.317 e. The van der Waals surface area contributed by atoms with Crippen LogP contribution in [-0.2, 0) is 14.3 Å². The molecule has 1 aromatic rings. The van der Waals surface area contributed by atoms with E-state index in [0.717, 1.165) is 35.2 Å². The largest absolute Gasteiger partial charge is 0.452 e. The number of aromatic nitrogens is 2. The van der Waals surface area contributed by atoms with E-state index in [1.165, 1.54) is 55.2 Å². The fourth-order valence-corrected chi connectivity index (χ4v) is 5.15. The van der Waals surface area contributed by atoms with Gasteiger partial charge in [0.15, 0.2) is 10.4 Å². The Kier molecular flexibility index (Phi) is 7.75. The Bertz CT molecular complexity index is 628. The molecular weight excluding hydrogens is 384 g/mol. The van der Waals surface area contributed by atoms with Crippen molar-refractivity contribution >= 4 is 40.1 Å². The van der Waals surface area contributed by atoms with Crippen molar-refractivity contribution in [3.8, 4) is 0 Å². The summed E-state index contributed by atoms with van der Waals surface area (Å²) < 4.78 is 5.97. The van der Waals surface area contributed by atoms with Gasteiger partial charge in [-0.1, -0.05) is 55.2 Å². The maximum absolute atomic E-state index is 12.1. The molecule has 0 radical (unpaired) electrons. The van der Waals surface area contributed by atoms with Gasteiger partial charge in [0.2, 0.25) is 5.13 Å². The summed E-state index contributed by atoms with van der Waals surface area (Å²) in [5.74, 6) is -0.500. The third-order valence-electron chi connectivity index (χ3n) is 5.03. The van der Waals surface area contributed by atoms with Crippen LogP contribution >= 0.6 is 23.1 Å². The van der Waals surface area contributed by atoms with Crippen LogP contribution in [-0.4, -0.2) is 46.0 Å². The molecule has 0 bridgehead atoms. The summed E-state index contributed by atoms with van der Waals surface area (Å²) in [6, 6.07) is 0.707. The minimum atomic E-state index is -0.767. The molecule has 0 aliphatic heterocycles. The minimum absolute atomic E-state index is 0.124. The molecule has 3 rings (SSSR count). The average Bonchev–Trinajstić information content (AvgIpc) is 3.33. The van der Waals surface area contributed by atoms with Gasteiger partial charge < -0.3 is 15.4 Å². The van der Waals surface area contributed by atoms with Crippen molar-refractivity contribution < 1.29 is 14.3 Å². The molecule has 2 fully saturated rings. The molecular formula is C18H28N4O3S2. The molecule has 2 aliphatic carbocycles. The number of amides is 1. The Labute approximate surface area is 168 Å². The fraction of sp³-hybridized carbons (Fsp3) is 0.778. The first kappa shape index (κ1) is 20.4. The number of hydrogen-bond donors (Lipinski definition) is 2. The zero-order valence-electron chi connectivity index (χ0n) is 15.7. The lowest BCUT2D eigenvalue weighted by atomic mass is 9.96. The summed E-state index contributed by atoms with van der Waals surface area (Å²) in [5, 5.41) is 15.5. The van der Waals surface area contributed by atoms with Crippen LogP contribution in [0.2, 0.25) is 0 Å². The molecule has 0 unspecified atom stereocenters. The predicted molar refractivity (Wildman–Crippen MR) is 107 cm³/mol. The molecule has 7 nitrogen and oxygen atoms in total. The van der Waals surface area contributed by atoms with Gasteiger partial charge in [0, 0.05) is 12.1 Å². The summed E-state index contributed by atoms with van der Waals surface area (Å²) in [4.78, 5) is 24.1. The van der Waals surface area contributed by atoms with Crippen molar-refractivity contribution in [2.24, 2.45) is 0 Å². The molecule has 0 saturated heterocycles. The summed E-state index contributed by atoms with van der Waals surface area (Å²) in [6.07, 6.45) is 9.74. The second kappa shape index (κ2) is 10.3. The molecule has 1 aromatic heterocycles. The Balaban J connectivity index is 1.36. The monoisotopic (exact) mass is 412 g/mol. The quantitative estimate of drug-likeness (QED) is 0.499. The topological polar surface area (TPSA) is 93.2 Å². The van der Waals surface area contributed by atoms with Gasteiger partial charge in [-0.15, -0.1) is 10.2 Å². The molecule has 0 aromatic carbocycles. The Hall–Kier alpha value is -1.35. The number of anilines is 1. The number of carbonyl (C=O) groups is 2. The number of rotatable bonds is 8. The summed E-state index contributed by atoms with van der Waals surface area (Å²) in [7, 11) is 0. The number of thioether (sulfide) groups is 1. The van der Waals surface area contributed by atoms with Crippen LogP contribution in [0.25, 0.3) is 0 Å². The van der Waals surface area contributed by atoms with Crippen LogP contribution in [0.15, 0.2) is 4.34 Å². The predicted octanol–water partition coefficient (Wildman–Crippen LogP) is 3.37. The van der Waals surface area contributed by atoms with Gasteiger partial charge in [-0.05, 0) is 32.6 Å². The van der Waals surface area contributed by atoms with E-state index in [1.807, 2.05) is 0 Å². The normalized spacial score (nSPS) is 19.6. The van der Waals surface area contributed by atoms with E-state index in [1.54, 1.807) is 6.92 Å². The van der Waals surface area contributed by atoms with Gasteiger partial charge in [0.1, 0.15) is 0 Å². The highest BCUT2D eigenvalue weighted by Crippen LogP contribution is 2.28. The first-order valence-electron chi connectivity index (χ1n) is 9.83. The maximum atomic E-state index is 12.1. The molecule has 27 heavy (non-hydrogen) atoms. The Morgan fingerprint density at radius 3 is 2.52 bits per heavy atom. The van der Waals surface area contributed by atoms with E-state index >= 15 is 0 Å². The first-order chi connectivity index (χ1) is 13.1. The lowest BCUT2D eigenvalue weighted by Gasteiger charge is -2.21. The van der Waals surface area contributed by atoms with Crippen LogP contribution < -0.4 is 10.6 Å². The van der Waals surface area contributed by atoms with Gasteiger partial charge in [-0.2, -0.15) is 0 Å². The Morgan fingerprint density at radius 1 is 1.11 bits per heavy atom. The third kappa shape index (κ3) is 6.64. The van der Waals surface area contributed by atoms with Crippen LogP contribution in [0.1, 0.15) is 64.7 Å². The summed E-state index contributed by atoms with van der Waals surface area (Å²) in [5.41, 5.74) is 0. The van der Waals surface area contributed by atoms with Crippen LogP contribution in [0.3, 0.4) is 0 Å². The number of nitrogens with zero attached hydrogens (tertiary/aromatic N) is 2. The molecule has 1 heterocycles. The minimum Gasteiger partial charge on any atom is -0.452 e. The van der Waals surface area contributed by atoms with Gasteiger partial charge >= 0.3 is 5.97 Å². The summed E-state index contributed by atoms with van der Waals surface area (Å²) in [6.45, 7) is 1.62. The van der Waals surface area contributed by atoms with Crippen molar-refractivity contribution in [1.29, 1.82) is 0 Å². The molecule has 1 atom stereocenters. The van der Waals surface area contributed by atoms with E-state index in [2.05, 4.69) is 20.8 Å². The molecule has 1 amide bonds. The highest BCUT2D eigenvalue weighted by molar-refractivity contribution is 8.01. The van der Waals surface area contributed by atoms with Gasteiger partial charge in [-0.3, -0.25) is 9.59 Å². The number of esters is 1. The average molecular weight is 413 g/mol. The standard InChI is InChI=1S/C18H28N4O3S2/c1-12(16(24)19-13-9-5-6-10-13)25-15(23)11-26-18-22-21-17(27-18)20-14-7-3-2-4-8-14/h12-14H,2-11H2,1H3,(H,19,24)(H,20,21)/t12-/m0/s1. The molecule has 2 aliphatic rings. The number of hydrogen-bond acceptors (Lipinski definition) is 8. The second-order valence-electron chi connectivity index (χ2n) is 7.26. The molecule has 0 spiro atoms. The SMILES string of the molecule is C[C@H](OC(=O)CSc1nnc(NC2CCCCC2)s1)C(=O)NC1CCCC1. The van der Waals surface area contributed by atoms with E-state index < -0.39 is 12.1 Å².